The van der Waals surface area contributed by atoms with E-state index >= 15 is 0 Å². The molecule has 4 heteroatoms. The van der Waals surface area contributed by atoms with E-state index in [1.165, 1.54) is 128 Å². The number of aliphatic hydroxyl groups excluding tert-OH is 2. The largest absolute Gasteiger partial charge is 0.394 e. The molecule has 0 heterocycles. The van der Waals surface area contributed by atoms with Crippen LogP contribution in [0.5, 0.6) is 0 Å². The Morgan fingerprint density at radius 3 is 1.50 bits per heavy atom. The van der Waals surface area contributed by atoms with Gasteiger partial charge in [-0.2, -0.15) is 0 Å². The van der Waals surface area contributed by atoms with Gasteiger partial charge < -0.3 is 15.5 Å². The topological polar surface area (TPSA) is 69.6 Å². The van der Waals surface area contributed by atoms with E-state index < -0.39 is 12.1 Å². The first-order valence-electron chi connectivity index (χ1n) is 18.9. The van der Waals surface area contributed by atoms with E-state index in [0.717, 1.165) is 32.1 Å². The predicted octanol–water partition coefficient (Wildman–Crippen LogP) is 11.2. The summed E-state index contributed by atoms with van der Waals surface area (Å²) in [6.07, 6.45) is 47.6. The van der Waals surface area contributed by atoms with Crippen molar-refractivity contribution < 1.29 is 15.0 Å². The van der Waals surface area contributed by atoms with Gasteiger partial charge in [0.05, 0.1) is 18.8 Å². The Bertz CT molecular complexity index is 711. The van der Waals surface area contributed by atoms with Crippen LogP contribution < -0.4 is 5.32 Å². The number of aliphatic hydroxyl groups is 2. The highest BCUT2D eigenvalue weighted by molar-refractivity contribution is 5.76. The van der Waals surface area contributed by atoms with E-state index in [9.17, 15) is 15.0 Å². The number of amides is 1. The Morgan fingerprint density at radius 1 is 0.545 bits per heavy atom. The van der Waals surface area contributed by atoms with Gasteiger partial charge in [0.1, 0.15) is 0 Å². The fourth-order valence-corrected chi connectivity index (χ4v) is 5.36. The average molecular weight is 616 g/mol. The third kappa shape index (κ3) is 31.8. The van der Waals surface area contributed by atoms with E-state index in [1.54, 1.807) is 6.08 Å². The molecule has 0 aromatic rings. The smallest absolute Gasteiger partial charge is 0.220 e. The van der Waals surface area contributed by atoms with Crippen molar-refractivity contribution in [2.24, 2.45) is 0 Å². The van der Waals surface area contributed by atoms with E-state index in [4.69, 9.17) is 0 Å². The minimum absolute atomic E-state index is 0.0809. The summed E-state index contributed by atoms with van der Waals surface area (Å²) < 4.78 is 0. The molecule has 44 heavy (non-hydrogen) atoms. The highest BCUT2D eigenvalue weighted by Crippen LogP contribution is 2.13. The lowest BCUT2D eigenvalue weighted by molar-refractivity contribution is -0.123. The van der Waals surface area contributed by atoms with Crippen LogP contribution in [0.15, 0.2) is 48.6 Å². The molecule has 0 aromatic carbocycles. The second kappa shape index (κ2) is 35.8. The van der Waals surface area contributed by atoms with Gasteiger partial charge in [0, 0.05) is 6.42 Å². The van der Waals surface area contributed by atoms with Crippen molar-refractivity contribution in [3.8, 4) is 0 Å². The highest BCUT2D eigenvalue weighted by atomic mass is 16.3. The molecule has 0 aliphatic heterocycles. The van der Waals surface area contributed by atoms with Crippen molar-refractivity contribution in [2.45, 2.75) is 193 Å². The molecule has 0 saturated carbocycles. The number of unbranched alkanes of at least 4 members (excludes halogenated alkanes) is 21. The molecular formula is C40H73NO3. The lowest BCUT2D eigenvalue weighted by Gasteiger charge is -2.19. The lowest BCUT2D eigenvalue weighted by Crippen LogP contribution is -2.45. The first-order valence-corrected chi connectivity index (χ1v) is 18.9. The van der Waals surface area contributed by atoms with Crippen molar-refractivity contribution >= 4 is 5.91 Å². The number of rotatable bonds is 33. The van der Waals surface area contributed by atoms with Crippen molar-refractivity contribution in [1.82, 2.24) is 5.32 Å². The minimum Gasteiger partial charge on any atom is -0.394 e. The Morgan fingerprint density at radius 2 is 0.955 bits per heavy atom. The van der Waals surface area contributed by atoms with Crippen LogP contribution in [0.1, 0.15) is 181 Å². The van der Waals surface area contributed by atoms with Gasteiger partial charge in [-0.3, -0.25) is 4.79 Å². The molecule has 0 radical (unpaired) electrons. The molecule has 0 aliphatic rings. The van der Waals surface area contributed by atoms with Gasteiger partial charge >= 0.3 is 0 Å². The van der Waals surface area contributed by atoms with Crippen molar-refractivity contribution in [2.75, 3.05) is 6.61 Å². The lowest BCUT2D eigenvalue weighted by atomic mass is 10.0. The van der Waals surface area contributed by atoms with Crippen molar-refractivity contribution in [1.29, 1.82) is 0 Å². The molecule has 0 aromatic heterocycles. The van der Waals surface area contributed by atoms with Gasteiger partial charge in [0.2, 0.25) is 5.91 Å². The molecule has 0 rings (SSSR count). The third-order valence-corrected chi connectivity index (χ3v) is 8.31. The first-order chi connectivity index (χ1) is 21.7. The Balaban J connectivity index is 3.65. The zero-order valence-corrected chi connectivity index (χ0v) is 29.2. The van der Waals surface area contributed by atoms with Gasteiger partial charge in [-0.25, -0.2) is 0 Å². The number of carbonyl (C=O) groups excluding carboxylic acids is 1. The SMILES string of the molecule is CCCCC/C=C\C=C/CCCCCCCCCCCCC(=O)NC(CO)C(O)/C=C/CC/C=C/CCCCCCCCC. The number of hydrogen-bond donors (Lipinski definition) is 3. The van der Waals surface area contributed by atoms with Gasteiger partial charge in [0.15, 0.2) is 0 Å². The molecular weight excluding hydrogens is 542 g/mol. The molecule has 0 aliphatic carbocycles. The molecule has 0 spiro atoms. The molecule has 2 unspecified atom stereocenters. The zero-order valence-electron chi connectivity index (χ0n) is 29.2. The molecule has 2 atom stereocenters. The summed E-state index contributed by atoms with van der Waals surface area (Å²) in [6.45, 7) is 4.24. The fourth-order valence-electron chi connectivity index (χ4n) is 5.36. The maximum absolute atomic E-state index is 12.3. The van der Waals surface area contributed by atoms with Crippen LogP contribution in [-0.4, -0.2) is 34.9 Å². The van der Waals surface area contributed by atoms with Crippen LogP contribution in [0.4, 0.5) is 0 Å². The summed E-state index contributed by atoms with van der Waals surface area (Å²) in [7, 11) is 0. The summed E-state index contributed by atoms with van der Waals surface area (Å²) in [5, 5.41) is 22.9. The normalized spacial score (nSPS) is 13.6. The Hall–Kier alpha value is -1.65. The molecule has 4 nitrogen and oxygen atoms in total. The summed E-state index contributed by atoms with van der Waals surface area (Å²) >= 11 is 0. The predicted molar refractivity (Wildman–Crippen MR) is 193 cm³/mol. The second-order valence-electron chi connectivity index (χ2n) is 12.7. The van der Waals surface area contributed by atoms with Crippen LogP contribution in [0.25, 0.3) is 0 Å². The third-order valence-electron chi connectivity index (χ3n) is 8.31. The quantitative estimate of drug-likeness (QED) is 0.0391. The number of nitrogens with one attached hydrogen (secondary N) is 1. The highest BCUT2D eigenvalue weighted by Gasteiger charge is 2.17. The number of allylic oxidation sites excluding steroid dienone is 7. The van der Waals surface area contributed by atoms with Crippen LogP contribution in [0.2, 0.25) is 0 Å². The number of hydrogen-bond acceptors (Lipinski definition) is 3. The molecule has 256 valence electrons. The van der Waals surface area contributed by atoms with Crippen LogP contribution >= 0.6 is 0 Å². The standard InChI is InChI=1S/C40H73NO3/c1-3-5-7-9-11-13-15-17-18-19-20-21-22-24-26-28-30-32-34-36-40(44)41-38(37-42)39(43)35-33-31-29-27-25-23-16-14-12-10-8-6-4-2/h11,13,15,17,25,27,33,35,38-39,42-43H,3-10,12,14,16,18-24,26,28-32,34,36-37H2,1-2H3,(H,41,44)/b13-11-,17-15-,27-25+,35-33+. The maximum atomic E-state index is 12.3. The van der Waals surface area contributed by atoms with E-state index in [0.29, 0.717) is 6.42 Å². The fraction of sp³-hybridized carbons (Fsp3) is 0.775. The summed E-state index contributed by atoms with van der Waals surface area (Å²) in [4.78, 5) is 12.3. The molecule has 1 amide bonds. The molecule has 0 saturated heterocycles. The minimum atomic E-state index is -0.862. The zero-order chi connectivity index (χ0) is 32.2. The second-order valence-corrected chi connectivity index (χ2v) is 12.7. The van der Waals surface area contributed by atoms with Gasteiger partial charge in [-0.05, 0) is 57.8 Å². The van der Waals surface area contributed by atoms with Crippen molar-refractivity contribution in [3.05, 3.63) is 48.6 Å². The van der Waals surface area contributed by atoms with Gasteiger partial charge in [0.25, 0.3) is 0 Å². The van der Waals surface area contributed by atoms with E-state index in [-0.39, 0.29) is 12.5 Å². The molecule has 0 bridgehead atoms. The average Bonchev–Trinajstić information content (AvgIpc) is 3.03. The first kappa shape index (κ1) is 42.3. The monoisotopic (exact) mass is 616 g/mol. The Labute approximate surface area is 274 Å². The molecule has 0 fully saturated rings. The van der Waals surface area contributed by atoms with Crippen LogP contribution in [0.3, 0.4) is 0 Å². The summed E-state index contributed by atoms with van der Waals surface area (Å²) in [6, 6.07) is -0.639. The molecule has 3 N–H and O–H groups in total. The maximum Gasteiger partial charge on any atom is 0.220 e. The summed E-state index contributed by atoms with van der Waals surface area (Å²) in [5.41, 5.74) is 0. The van der Waals surface area contributed by atoms with E-state index in [1.807, 2.05) is 6.08 Å². The van der Waals surface area contributed by atoms with Crippen molar-refractivity contribution in [3.63, 3.8) is 0 Å². The van der Waals surface area contributed by atoms with Gasteiger partial charge in [-0.15, -0.1) is 0 Å². The van der Waals surface area contributed by atoms with E-state index in [2.05, 4.69) is 55.6 Å². The van der Waals surface area contributed by atoms with Crippen LogP contribution in [-0.2, 0) is 4.79 Å². The number of carbonyl (C=O) groups is 1. The Kier molecular flexibility index (Phi) is 34.5. The van der Waals surface area contributed by atoms with Crippen LogP contribution in [0, 0.1) is 0 Å². The summed E-state index contributed by atoms with van der Waals surface area (Å²) in [5.74, 6) is -0.0809. The van der Waals surface area contributed by atoms with Gasteiger partial charge in [-0.1, -0.05) is 165 Å².